The van der Waals surface area contributed by atoms with E-state index >= 15 is 0 Å². The van der Waals surface area contributed by atoms with Gasteiger partial charge in [0.2, 0.25) is 0 Å². The molecular formula is C14H12BrFN2O2S. The normalized spacial score (nSPS) is 11.8. The molecule has 0 amide bonds. The molecule has 0 spiro atoms. The van der Waals surface area contributed by atoms with Gasteiger partial charge in [0.05, 0.1) is 11.1 Å². The molecule has 110 valence electrons. The number of halogens is 2. The highest BCUT2D eigenvalue weighted by Crippen LogP contribution is 2.14. The van der Waals surface area contributed by atoms with Gasteiger partial charge in [0.1, 0.15) is 5.82 Å². The molecule has 0 fully saturated rings. The highest BCUT2D eigenvalue weighted by Gasteiger charge is 2.11. The van der Waals surface area contributed by atoms with E-state index in [-0.39, 0.29) is 10.5 Å². The minimum Gasteiger partial charge on any atom is -0.206 e. The molecule has 4 nitrogen and oxygen atoms in total. The first-order valence-corrected chi connectivity index (χ1v) is 8.23. The smallest absolute Gasteiger partial charge is 0.206 e. The molecule has 0 atom stereocenters. The van der Waals surface area contributed by atoms with Crippen molar-refractivity contribution in [3.05, 3.63) is 63.9 Å². The fraction of sp³-hybridized carbons (Fsp3) is 0.0714. The molecule has 0 saturated carbocycles. The second kappa shape index (κ2) is 6.36. The van der Waals surface area contributed by atoms with Crippen LogP contribution in [0.3, 0.4) is 0 Å². The van der Waals surface area contributed by atoms with Crippen LogP contribution in [0.2, 0.25) is 0 Å². The van der Waals surface area contributed by atoms with E-state index in [1.54, 1.807) is 18.2 Å². The molecule has 2 aromatic carbocycles. The molecule has 0 unspecified atom stereocenters. The van der Waals surface area contributed by atoms with Gasteiger partial charge in [0.25, 0.3) is 10.0 Å². The number of sulfonamides is 1. The Balaban J connectivity index is 2.14. The molecule has 21 heavy (non-hydrogen) atoms. The maximum absolute atomic E-state index is 13.5. The molecular weight excluding hydrogens is 359 g/mol. The van der Waals surface area contributed by atoms with Crippen molar-refractivity contribution < 1.29 is 12.8 Å². The first-order chi connectivity index (χ1) is 9.88. The summed E-state index contributed by atoms with van der Waals surface area (Å²) in [5, 5.41) is 3.58. The number of nitrogens with zero attached hydrogens (tertiary/aromatic N) is 1. The van der Waals surface area contributed by atoms with Crippen molar-refractivity contribution in [3.8, 4) is 0 Å². The van der Waals surface area contributed by atoms with E-state index in [0.717, 1.165) is 11.8 Å². The van der Waals surface area contributed by atoms with Crippen LogP contribution >= 0.6 is 15.9 Å². The lowest BCUT2D eigenvalue weighted by Crippen LogP contribution is -2.18. The first-order valence-electron chi connectivity index (χ1n) is 5.95. The minimum absolute atomic E-state index is 0.0986. The third-order valence-corrected chi connectivity index (χ3v) is 4.40. The SMILES string of the molecule is Cc1ccc(S(=O)(=O)NN=Cc2ccc(Br)cc2F)cc1. The quantitative estimate of drug-likeness (QED) is 0.663. The van der Waals surface area contributed by atoms with E-state index in [2.05, 4.69) is 21.0 Å². The maximum Gasteiger partial charge on any atom is 0.276 e. The summed E-state index contributed by atoms with van der Waals surface area (Å²) in [6.07, 6.45) is 1.12. The van der Waals surface area contributed by atoms with E-state index in [9.17, 15) is 12.8 Å². The summed E-state index contributed by atoms with van der Waals surface area (Å²) >= 11 is 3.14. The van der Waals surface area contributed by atoms with E-state index < -0.39 is 15.8 Å². The lowest BCUT2D eigenvalue weighted by atomic mass is 10.2. The number of hydrazone groups is 1. The lowest BCUT2D eigenvalue weighted by Gasteiger charge is -2.03. The van der Waals surface area contributed by atoms with Gasteiger partial charge in [-0.15, -0.1) is 0 Å². The second-order valence-electron chi connectivity index (χ2n) is 4.33. The molecule has 0 saturated heterocycles. The molecule has 0 radical (unpaired) electrons. The Morgan fingerprint density at radius 1 is 1.19 bits per heavy atom. The van der Waals surface area contributed by atoms with Gasteiger partial charge in [-0.2, -0.15) is 13.5 Å². The predicted molar refractivity (Wildman–Crippen MR) is 83.2 cm³/mol. The third-order valence-electron chi connectivity index (χ3n) is 2.67. The average Bonchev–Trinajstić information content (AvgIpc) is 2.41. The molecule has 0 aromatic heterocycles. The zero-order valence-corrected chi connectivity index (χ0v) is 13.4. The van der Waals surface area contributed by atoms with E-state index in [1.165, 1.54) is 24.3 Å². The van der Waals surface area contributed by atoms with Crippen LogP contribution < -0.4 is 4.83 Å². The van der Waals surface area contributed by atoms with E-state index in [0.29, 0.717) is 4.47 Å². The number of benzene rings is 2. The molecule has 0 aliphatic rings. The summed E-state index contributed by atoms with van der Waals surface area (Å²) in [4.78, 5) is 2.15. The zero-order chi connectivity index (χ0) is 15.5. The van der Waals surface area contributed by atoms with Gasteiger partial charge in [-0.25, -0.2) is 9.22 Å². The summed E-state index contributed by atoms with van der Waals surface area (Å²) in [5.41, 5.74) is 1.14. The van der Waals surface area contributed by atoms with Crippen LogP contribution in [0.5, 0.6) is 0 Å². The number of hydrogen-bond acceptors (Lipinski definition) is 3. The summed E-state index contributed by atoms with van der Waals surface area (Å²) in [7, 11) is -3.75. The molecule has 2 rings (SSSR count). The number of nitrogens with one attached hydrogen (secondary N) is 1. The Bertz CT molecular complexity index is 774. The fourth-order valence-electron chi connectivity index (χ4n) is 1.54. The third kappa shape index (κ3) is 4.12. The molecule has 0 bridgehead atoms. The van der Waals surface area contributed by atoms with Gasteiger partial charge in [0.15, 0.2) is 0 Å². The standard InChI is InChI=1S/C14H12BrFN2O2S/c1-10-2-6-13(7-3-10)21(19,20)18-17-9-11-4-5-12(15)8-14(11)16/h2-9,18H,1H3. The topological polar surface area (TPSA) is 58.5 Å². The molecule has 7 heteroatoms. The molecule has 0 aliphatic carbocycles. The monoisotopic (exact) mass is 370 g/mol. The van der Waals surface area contributed by atoms with Crippen molar-refractivity contribution >= 4 is 32.2 Å². The average molecular weight is 371 g/mol. The Hall–Kier alpha value is -1.73. The van der Waals surface area contributed by atoms with E-state index in [1.807, 2.05) is 11.8 Å². The molecule has 2 aromatic rings. The lowest BCUT2D eigenvalue weighted by molar-refractivity contribution is 0.584. The molecule has 0 aliphatic heterocycles. The van der Waals surface area contributed by atoms with Crippen LogP contribution in [0.1, 0.15) is 11.1 Å². The van der Waals surface area contributed by atoms with Gasteiger partial charge >= 0.3 is 0 Å². The van der Waals surface area contributed by atoms with Crippen molar-refractivity contribution in [1.29, 1.82) is 0 Å². The highest BCUT2D eigenvalue weighted by molar-refractivity contribution is 9.10. The highest BCUT2D eigenvalue weighted by atomic mass is 79.9. The minimum atomic E-state index is -3.75. The van der Waals surface area contributed by atoms with Crippen molar-refractivity contribution in [2.45, 2.75) is 11.8 Å². The Labute approximate surface area is 130 Å². The number of rotatable bonds is 4. The number of aryl methyl sites for hydroxylation is 1. The molecule has 0 heterocycles. The van der Waals surface area contributed by atoms with Crippen LogP contribution in [-0.2, 0) is 10.0 Å². The number of hydrogen-bond donors (Lipinski definition) is 1. The van der Waals surface area contributed by atoms with Crippen LogP contribution in [0.25, 0.3) is 0 Å². The fourth-order valence-corrected chi connectivity index (χ4v) is 2.67. The van der Waals surface area contributed by atoms with Gasteiger partial charge in [0, 0.05) is 10.0 Å². The van der Waals surface area contributed by atoms with Gasteiger partial charge < -0.3 is 0 Å². The van der Waals surface area contributed by atoms with E-state index in [4.69, 9.17) is 0 Å². The van der Waals surface area contributed by atoms with Crippen molar-refractivity contribution in [2.24, 2.45) is 5.10 Å². The van der Waals surface area contributed by atoms with Crippen LogP contribution in [0.15, 0.2) is 56.9 Å². The Kier molecular flexibility index (Phi) is 4.74. The summed E-state index contributed by atoms with van der Waals surface area (Å²) < 4.78 is 38.0. The van der Waals surface area contributed by atoms with Crippen LogP contribution in [0, 0.1) is 12.7 Å². The van der Waals surface area contributed by atoms with Crippen molar-refractivity contribution in [2.75, 3.05) is 0 Å². The largest absolute Gasteiger partial charge is 0.276 e. The maximum atomic E-state index is 13.5. The van der Waals surface area contributed by atoms with Gasteiger partial charge in [-0.1, -0.05) is 33.6 Å². The Morgan fingerprint density at radius 3 is 2.48 bits per heavy atom. The Morgan fingerprint density at radius 2 is 1.86 bits per heavy atom. The summed E-state index contributed by atoms with van der Waals surface area (Å²) in [6.45, 7) is 1.86. The van der Waals surface area contributed by atoms with Crippen LogP contribution in [0.4, 0.5) is 4.39 Å². The summed E-state index contributed by atoms with van der Waals surface area (Å²) in [6, 6.07) is 10.7. The second-order valence-corrected chi connectivity index (χ2v) is 6.91. The zero-order valence-electron chi connectivity index (χ0n) is 11.0. The van der Waals surface area contributed by atoms with Gasteiger partial charge in [-0.05, 0) is 37.3 Å². The van der Waals surface area contributed by atoms with Gasteiger partial charge in [-0.3, -0.25) is 0 Å². The van der Waals surface area contributed by atoms with Crippen molar-refractivity contribution in [3.63, 3.8) is 0 Å². The predicted octanol–water partition coefficient (Wildman–Crippen LogP) is 3.21. The summed E-state index contributed by atoms with van der Waals surface area (Å²) in [5.74, 6) is -0.498. The van der Waals surface area contributed by atoms with Crippen LogP contribution in [-0.4, -0.2) is 14.6 Å². The first kappa shape index (κ1) is 15.7. The van der Waals surface area contributed by atoms with Crippen molar-refractivity contribution in [1.82, 2.24) is 4.83 Å². The molecule has 1 N–H and O–H groups in total.